The Balaban J connectivity index is 3.02. The molecule has 3 N–H and O–H groups in total. The van der Waals surface area contributed by atoms with Crippen LogP contribution >= 0.6 is 0 Å². The van der Waals surface area contributed by atoms with Gasteiger partial charge in [-0.25, -0.2) is 0 Å². The van der Waals surface area contributed by atoms with Gasteiger partial charge < -0.3 is 10.0 Å². The first-order chi connectivity index (χ1) is 8.10. The number of nitriles is 2. The van der Waals surface area contributed by atoms with E-state index in [9.17, 15) is 0 Å². The molecule has 1 aromatic carbocycles. The Labute approximate surface area is 98.6 Å². The smallest absolute Gasteiger partial charge is 0.423 e. The van der Waals surface area contributed by atoms with Crippen molar-refractivity contribution in [2.75, 3.05) is 5.43 Å². The summed E-state index contributed by atoms with van der Waals surface area (Å²) in [6, 6.07) is 8.03. The largest absolute Gasteiger partial charge is 0.488 e. The molecule has 1 aromatic rings. The van der Waals surface area contributed by atoms with Crippen molar-refractivity contribution in [2.45, 2.75) is 6.92 Å². The maximum Gasteiger partial charge on any atom is 0.488 e. The van der Waals surface area contributed by atoms with Gasteiger partial charge >= 0.3 is 7.12 Å². The van der Waals surface area contributed by atoms with Crippen molar-refractivity contribution in [3.05, 3.63) is 23.8 Å². The van der Waals surface area contributed by atoms with Crippen molar-refractivity contribution >= 4 is 24.0 Å². The van der Waals surface area contributed by atoms with E-state index < -0.39 is 7.12 Å². The number of hydrogen-bond donors (Lipinski definition) is 3. The lowest BCUT2D eigenvalue weighted by Gasteiger charge is -2.09. The minimum absolute atomic E-state index is 0.306. The van der Waals surface area contributed by atoms with E-state index >= 15 is 0 Å². The molecule has 0 spiro atoms. The molecule has 0 fully saturated rings. The van der Waals surface area contributed by atoms with Crippen LogP contribution in [0, 0.1) is 29.6 Å². The Bertz CT molecular complexity index is 512. The zero-order valence-electron chi connectivity index (χ0n) is 9.05. The van der Waals surface area contributed by atoms with Gasteiger partial charge in [-0.05, 0) is 24.0 Å². The third-order valence-corrected chi connectivity index (χ3v) is 2.15. The first kappa shape index (κ1) is 12.7. The summed E-state index contributed by atoms with van der Waals surface area (Å²) in [6.07, 6.45) is 0. The van der Waals surface area contributed by atoms with Gasteiger partial charge in [-0.15, -0.1) is 0 Å². The standard InChI is InChI=1S/C10H9BN4O2/c1-7-9(11(16)17)3-2-4-10(7)15-14-8(5-12)6-13/h2-4,15-17H,1H3. The van der Waals surface area contributed by atoms with Crippen molar-refractivity contribution in [1.82, 2.24) is 0 Å². The summed E-state index contributed by atoms with van der Waals surface area (Å²) >= 11 is 0. The molecule has 0 aromatic heterocycles. The van der Waals surface area contributed by atoms with Crippen LogP contribution in [-0.2, 0) is 0 Å². The van der Waals surface area contributed by atoms with Gasteiger partial charge in [0.2, 0.25) is 5.71 Å². The second-order valence-electron chi connectivity index (χ2n) is 3.19. The average Bonchev–Trinajstić information content (AvgIpc) is 2.32. The fourth-order valence-electron chi connectivity index (χ4n) is 1.25. The van der Waals surface area contributed by atoms with Crippen LogP contribution in [0.4, 0.5) is 5.69 Å². The normalized spacial score (nSPS) is 8.76. The average molecular weight is 228 g/mol. The zero-order valence-corrected chi connectivity index (χ0v) is 9.05. The van der Waals surface area contributed by atoms with Crippen molar-refractivity contribution in [3.63, 3.8) is 0 Å². The van der Waals surface area contributed by atoms with Gasteiger partial charge in [0.05, 0.1) is 5.69 Å². The van der Waals surface area contributed by atoms with Crippen LogP contribution in [0.25, 0.3) is 0 Å². The number of anilines is 1. The lowest BCUT2D eigenvalue weighted by atomic mass is 9.77. The van der Waals surface area contributed by atoms with Crippen LogP contribution < -0.4 is 10.9 Å². The number of nitrogens with one attached hydrogen (secondary N) is 1. The highest BCUT2D eigenvalue weighted by Crippen LogP contribution is 2.11. The fraction of sp³-hybridized carbons (Fsp3) is 0.100. The minimum Gasteiger partial charge on any atom is -0.423 e. The highest BCUT2D eigenvalue weighted by Gasteiger charge is 2.15. The van der Waals surface area contributed by atoms with Gasteiger partial charge in [0, 0.05) is 0 Å². The minimum atomic E-state index is -1.58. The SMILES string of the molecule is Cc1c(NN=C(C#N)C#N)cccc1B(O)O. The monoisotopic (exact) mass is 228 g/mol. The summed E-state index contributed by atoms with van der Waals surface area (Å²) in [5.74, 6) is 0. The molecule has 6 nitrogen and oxygen atoms in total. The lowest BCUT2D eigenvalue weighted by molar-refractivity contribution is 0.425. The summed E-state index contributed by atoms with van der Waals surface area (Å²) in [7, 11) is -1.58. The summed E-state index contributed by atoms with van der Waals surface area (Å²) < 4.78 is 0. The lowest BCUT2D eigenvalue weighted by Crippen LogP contribution is -2.32. The zero-order chi connectivity index (χ0) is 12.8. The molecular weight excluding hydrogens is 219 g/mol. The fourth-order valence-corrected chi connectivity index (χ4v) is 1.25. The van der Waals surface area contributed by atoms with E-state index in [1.165, 1.54) is 0 Å². The van der Waals surface area contributed by atoms with Gasteiger partial charge in [0.1, 0.15) is 12.1 Å². The third-order valence-electron chi connectivity index (χ3n) is 2.15. The molecule has 1 rings (SSSR count). The van der Waals surface area contributed by atoms with Gasteiger partial charge in [-0.2, -0.15) is 15.6 Å². The number of nitrogens with zero attached hydrogens (tertiary/aromatic N) is 3. The Morgan fingerprint density at radius 2 is 2.00 bits per heavy atom. The molecule has 84 valence electrons. The van der Waals surface area contributed by atoms with Crippen molar-refractivity contribution in [3.8, 4) is 12.1 Å². The maximum absolute atomic E-state index is 9.09. The maximum atomic E-state index is 9.09. The molecule has 7 heteroatoms. The molecule has 0 heterocycles. The molecule has 0 saturated heterocycles. The highest BCUT2D eigenvalue weighted by atomic mass is 16.4. The van der Waals surface area contributed by atoms with E-state index in [1.807, 2.05) is 0 Å². The van der Waals surface area contributed by atoms with Crippen molar-refractivity contribution < 1.29 is 10.0 Å². The predicted molar refractivity (Wildman–Crippen MR) is 63.3 cm³/mol. The molecule has 0 aliphatic heterocycles. The van der Waals surface area contributed by atoms with Gasteiger partial charge in [-0.1, -0.05) is 12.1 Å². The molecule has 0 bridgehead atoms. The van der Waals surface area contributed by atoms with Crippen LogP contribution in [0.5, 0.6) is 0 Å². The Morgan fingerprint density at radius 3 is 2.53 bits per heavy atom. The van der Waals surface area contributed by atoms with Crippen LogP contribution in [0.1, 0.15) is 5.56 Å². The number of hydrogen-bond acceptors (Lipinski definition) is 6. The summed E-state index contributed by atoms with van der Waals surface area (Å²) in [5, 5.41) is 38.7. The molecule has 0 aliphatic carbocycles. The molecule has 0 radical (unpaired) electrons. The van der Waals surface area contributed by atoms with Crippen LogP contribution in [0.15, 0.2) is 23.3 Å². The van der Waals surface area contributed by atoms with Crippen molar-refractivity contribution in [1.29, 1.82) is 10.5 Å². The number of hydrazone groups is 1. The number of rotatable bonds is 3. The topological polar surface area (TPSA) is 112 Å². The van der Waals surface area contributed by atoms with E-state index in [0.29, 0.717) is 16.7 Å². The molecule has 0 unspecified atom stereocenters. The molecule has 17 heavy (non-hydrogen) atoms. The third kappa shape index (κ3) is 3.05. The van der Waals surface area contributed by atoms with Crippen LogP contribution in [0.2, 0.25) is 0 Å². The Hall–Kier alpha value is -2.35. The predicted octanol–water partition coefficient (Wildman–Crippen LogP) is -0.510. The van der Waals surface area contributed by atoms with E-state index in [2.05, 4.69) is 10.5 Å². The first-order valence-corrected chi connectivity index (χ1v) is 4.69. The Kier molecular flexibility index (Phi) is 4.24. The number of benzene rings is 1. The second kappa shape index (κ2) is 5.66. The molecular formula is C10H9BN4O2. The van der Waals surface area contributed by atoms with Gasteiger partial charge in [0.15, 0.2) is 0 Å². The Morgan fingerprint density at radius 1 is 1.35 bits per heavy atom. The van der Waals surface area contributed by atoms with E-state index in [0.717, 1.165) is 0 Å². The summed E-state index contributed by atoms with van der Waals surface area (Å²) in [4.78, 5) is 0. The van der Waals surface area contributed by atoms with Gasteiger partial charge in [-0.3, -0.25) is 5.43 Å². The molecule has 0 amide bonds. The van der Waals surface area contributed by atoms with Crippen LogP contribution in [0.3, 0.4) is 0 Å². The molecule has 0 saturated carbocycles. The van der Waals surface area contributed by atoms with E-state index in [1.54, 1.807) is 37.3 Å². The first-order valence-electron chi connectivity index (χ1n) is 4.69. The van der Waals surface area contributed by atoms with Crippen LogP contribution in [-0.4, -0.2) is 22.9 Å². The van der Waals surface area contributed by atoms with Gasteiger partial charge in [0.25, 0.3) is 0 Å². The van der Waals surface area contributed by atoms with Crippen molar-refractivity contribution in [2.24, 2.45) is 5.10 Å². The molecule has 0 aliphatic rings. The summed E-state index contributed by atoms with van der Waals surface area (Å²) in [5.41, 5.74) is 3.64. The molecule has 0 atom stereocenters. The van der Waals surface area contributed by atoms with E-state index in [-0.39, 0.29) is 5.71 Å². The quantitative estimate of drug-likeness (QED) is 0.366. The second-order valence-corrected chi connectivity index (χ2v) is 3.19. The van der Waals surface area contributed by atoms with E-state index in [4.69, 9.17) is 20.6 Å². The summed E-state index contributed by atoms with van der Waals surface area (Å²) in [6.45, 7) is 1.67. The highest BCUT2D eigenvalue weighted by molar-refractivity contribution is 6.59.